The van der Waals surface area contributed by atoms with E-state index in [0.717, 1.165) is 48.1 Å². The molecule has 130 valence electrons. The van der Waals surface area contributed by atoms with E-state index in [4.69, 9.17) is 0 Å². The highest BCUT2D eigenvalue weighted by Crippen LogP contribution is 2.24. The normalized spacial score (nSPS) is 21.0. The quantitative estimate of drug-likeness (QED) is 0.806. The highest BCUT2D eigenvalue weighted by atomic mass is 16.3. The maximum atomic E-state index is 12.3. The van der Waals surface area contributed by atoms with Crippen LogP contribution in [-0.2, 0) is 6.54 Å². The third kappa shape index (κ3) is 3.70. The lowest BCUT2D eigenvalue weighted by Gasteiger charge is -2.31. The fourth-order valence-electron chi connectivity index (χ4n) is 3.44. The molecule has 2 unspecified atom stereocenters. The first kappa shape index (κ1) is 16.8. The third-order valence-electron chi connectivity index (χ3n) is 4.89. The summed E-state index contributed by atoms with van der Waals surface area (Å²) in [5.41, 5.74) is 3.04. The number of hydrogen-bond acceptors (Lipinski definition) is 3. The van der Waals surface area contributed by atoms with Crippen LogP contribution in [0, 0.1) is 12.8 Å². The molecule has 0 bridgehead atoms. The van der Waals surface area contributed by atoms with Crippen LogP contribution in [0.3, 0.4) is 0 Å². The van der Waals surface area contributed by atoms with Crippen molar-refractivity contribution in [2.24, 2.45) is 5.92 Å². The highest BCUT2D eigenvalue weighted by Gasteiger charge is 2.25. The number of aliphatic hydroxyl groups excluding tert-OH is 1. The Balaban J connectivity index is 1.54. The Kier molecular flexibility index (Phi) is 5.04. The number of nitrogens with zero attached hydrogens (tertiary/aromatic N) is 2. The number of aliphatic hydroxyl groups is 1. The number of carbonyl (C=O) groups excluding carboxylic acids is 1. The van der Waals surface area contributed by atoms with Crippen molar-refractivity contribution in [2.75, 3.05) is 13.6 Å². The average Bonchev–Trinajstić information content (AvgIpc) is 2.99. The molecule has 0 aliphatic heterocycles. The molecular weight excluding hydrogens is 304 g/mol. The van der Waals surface area contributed by atoms with Gasteiger partial charge in [0.25, 0.3) is 0 Å². The summed E-state index contributed by atoms with van der Waals surface area (Å²) in [6.07, 6.45) is 3.77. The van der Waals surface area contributed by atoms with Gasteiger partial charge in [-0.1, -0.05) is 25.0 Å². The van der Waals surface area contributed by atoms with Crippen LogP contribution in [0.4, 0.5) is 4.79 Å². The lowest BCUT2D eigenvalue weighted by molar-refractivity contribution is 0.0564. The van der Waals surface area contributed by atoms with E-state index in [9.17, 15) is 9.90 Å². The first-order chi connectivity index (χ1) is 11.5. The molecule has 0 spiro atoms. The zero-order valence-electron chi connectivity index (χ0n) is 14.4. The van der Waals surface area contributed by atoms with E-state index < -0.39 is 0 Å². The van der Waals surface area contributed by atoms with Gasteiger partial charge in [0.05, 0.1) is 23.7 Å². The molecule has 6 nitrogen and oxygen atoms in total. The number of rotatable bonds is 4. The number of amides is 2. The summed E-state index contributed by atoms with van der Waals surface area (Å²) in [5.74, 6) is 0.933. The van der Waals surface area contributed by atoms with Gasteiger partial charge in [0.1, 0.15) is 5.82 Å². The summed E-state index contributed by atoms with van der Waals surface area (Å²) in [6, 6.07) is 5.86. The molecule has 1 aromatic heterocycles. The van der Waals surface area contributed by atoms with Gasteiger partial charge in [0.15, 0.2) is 0 Å². The van der Waals surface area contributed by atoms with Gasteiger partial charge in [0.2, 0.25) is 0 Å². The van der Waals surface area contributed by atoms with Crippen molar-refractivity contribution in [2.45, 2.75) is 45.3 Å². The van der Waals surface area contributed by atoms with Crippen LogP contribution < -0.4 is 5.32 Å². The number of carbonyl (C=O) groups is 1. The zero-order chi connectivity index (χ0) is 17.1. The smallest absolute Gasteiger partial charge is 0.317 e. The summed E-state index contributed by atoms with van der Waals surface area (Å²) >= 11 is 0. The Morgan fingerprint density at radius 1 is 1.42 bits per heavy atom. The maximum absolute atomic E-state index is 12.3. The minimum atomic E-state index is -0.285. The number of hydrogen-bond donors (Lipinski definition) is 3. The van der Waals surface area contributed by atoms with E-state index in [0.29, 0.717) is 13.1 Å². The zero-order valence-corrected chi connectivity index (χ0v) is 14.4. The molecule has 1 fully saturated rings. The number of nitrogens with one attached hydrogen (secondary N) is 2. The monoisotopic (exact) mass is 330 g/mol. The van der Waals surface area contributed by atoms with E-state index in [1.54, 1.807) is 11.9 Å². The molecule has 1 aromatic carbocycles. The third-order valence-corrected chi connectivity index (χ3v) is 4.89. The molecule has 2 atom stereocenters. The van der Waals surface area contributed by atoms with Crippen LogP contribution in [0.5, 0.6) is 0 Å². The van der Waals surface area contributed by atoms with Crippen molar-refractivity contribution in [1.29, 1.82) is 0 Å². The van der Waals surface area contributed by atoms with Crippen molar-refractivity contribution in [3.05, 3.63) is 29.6 Å². The number of aromatic amines is 1. The molecule has 3 rings (SSSR count). The second-order valence-electron chi connectivity index (χ2n) is 6.81. The summed E-state index contributed by atoms with van der Waals surface area (Å²) in [5, 5.41) is 12.9. The second-order valence-corrected chi connectivity index (χ2v) is 6.81. The standard InChI is InChI=1S/C18H26N4O2/c1-12-6-5-8-14-17(12)21-16(20-14)10-19-18(24)22(2)11-13-7-3-4-9-15(13)23/h5-6,8,13,15,23H,3-4,7,9-11H2,1-2H3,(H,19,24)(H,20,21). The van der Waals surface area contributed by atoms with E-state index in [1.165, 1.54) is 0 Å². The molecule has 1 heterocycles. The topological polar surface area (TPSA) is 81.2 Å². The predicted octanol–water partition coefficient (Wildman–Crippen LogP) is 2.56. The van der Waals surface area contributed by atoms with Gasteiger partial charge in [-0.2, -0.15) is 0 Å². The van der Waals surface area contributed by atoms with Crippen molar-refractivity contribution >= 4 is 17.1 Å². The number of aryl methyl sites for hydroxylation is 1. The fourth-order valence-corrected chi connectivity index (χ4v) is 3.44. The summed E-state index contributed by atoms with van der Waals surface area (Å²) < 4.78 is 0. The van der Waals surface area contributed by atoms with Gasteiger partial charge in [-0.05, 0) is 31.4 Å². The highest BCUT2D eigenvalue weighted by molar-refractivity contribution is 5.78. The van der Waals surface area contributed by atoms with Gasteiger partial charge in [0, 0.05) is 19.5 Å². The molecule has 1 saturated carbocycles. The first-order valence-electron chi connectivity index (χ1n) is 8.66. The average molecular weight is 330 g/mol. The Morgan fingerprint density at radius 3 is 2.96 bits per heavy atom. The Morgan fingerprint density at radius 2 is 2.21 bits per heavy atom. The first-order valence-corrected chi connectivity index (χ1v) is 8.66. The van der Waals surface area contributed by atoms with E-state index in [-0.39, 0.29) is 18.1 Å². The molecule has 3 N–H and O–H groups in total. The van der Waals surface area contributed by atoms with E-state index >= 15 is 0 Å². The summed E-state index contributed by atoms with van der Waals surface area (Å²) in [6.45, 7) is 2.98. The largest absolute Gasteiger partial charge is 0.393 e. The molecule has 6 heteroatoms. The van der Waals surface area contributed by atoms with Gasteiger partial charge in [-0.3, -0.25) is 0 Å². The Hall–Kier alpha value is -2.08. The molecule has 0 saturated heterocycles. The van der Waals surface area contributed by atoms with Gasteiger partial charge < -0.3 is 20.3 Å². The number of benzene rings is 1. The second kappa shape index (κ2) is 7.21. The van der Waals surface area contributed by atoms with Crippen molar-refractivity contribution in [3.8, 4) is 0 Å². The van der Waals surface area contributed by atoms with Gasteiger partial charge in [-0.25, -0.2) is 9.78 Å². The summed E-state index contributed by atoms with van der Waals surface area (Å²) in [7, 11) is 1.78. The fraction of sp³-hybridized carbons (Fsp3) is 0.556. The number of para-hydroxylation sites is 1. The number of urea groups is 1. The lowest BCUT2D eigenvalue weighted by Crippen LogP contribution is -2.42. The van der Waals surface area contributed by atoms with Gasteiger partial charge >= 0.3 is 6.03 Å². The minimum absolute atomic E-state index is 0.134. The number of H-pyrrole nitrogens is 1. The Bertz CT molecular complexity index is 712. The van der Waals surface area contributed by atoms with Crippen molar-refractivity contribution < 1.29 is 9.90 Å². The van der Waals surface area contributed by atoms with Gasteiger partial charge in [-0.15, -0.1) is 0 Å². The number of fused-ring (bicyclic) bond motifs is 1. The maximum Gasteiger partial charge on any atom is 0.317 e. The molecule has 1 aliphatic carbocycles. The SMILES string of the molecule is Cc1cccc2[nH]c(CNC(=O)N(C)CC3CCCCC3O)nc12. The van der Waals surface area contributed by atoms with Crippen LogP contribution in [-0.4, -0.2) is 45.7 Å². The van der Waals surface area contributed by atoms with Crippen LogP contribution in [0.1, 0.15) is 37.1 Å². The molecular formula is C18H26N4O2. The van der Waals surface area contributed by atoms with Crippen LogP contribution in [0.15, 0.2) is 18.2 Å². The minimum Gasteiger partial charge on any atom is -0.393 e. The molecule has 0 radical (unpaired) electrons. The number of imidazole rings is 1. The van der Waals surface area contributed by atoms with Crippen molar-refractivity contribution in [1.82, 2.24) is 20.2 Å². The number of aromatic nitrogens is 2. The Labute approximate surface area is 142 Å². The predicted molar refractivity (Wildman–Crippen MR) is 93.7 cm³/mol. The molecule has 1 aliphatic rings. The van der Waals surface area contributed by atoms with Crippen LogP contribution >= 0.6 is 0 Å². The van der Waals surface area contributed by atoms with E-state index in [2.05, 4.69) is 15.3 Å². The summed E-state index contributed by atoms with van der Waals surface area (Å²) in [4.78, 5) is 21.7. The van der Waals surface area contributed by atoms with Crippen molar-refractivity contribution in [3.63, 3.8) is 0 Å². The molecule has 2 aromatic rings. The van der Waals surface area contributed by atoms with Crippen LogP contribution in [0.2, 0.25) is 0 Å². The molecule has 24 heavy (non-hydrogen) atoms. The molecule has 2 amide bonds. The van der Waals surface area contributed by atoms with E-state index in [1.807, 2.05) is 25.1 Å². The lowest BCUT2D eigenvalue weighted by atomic mass is 9.86. The van der Waals surface area contributed by atoms with Crippen LogP contribution in [0.25, 0.3) is 11.0 Å².